The maximum absolute atomic E-state index is 11.7. The fourth-order valence-electron chi connectivity index (χ4n) is 1.43. The number of carbonyl (C=O) groups excluding carboxylic acids is 2. The molecule has 5 nitrogen and oxygen atoms in total. The van der Waals surface area contributed by atoms with Crippen molar-refractivity contribution in [1.29, 1.82) is 0 Å². The van der Waals surface area contributed by atoms with Crippen LogP contribution in [0.2, 0.25) is 5.02 Å². The number of hydrogen-bond donors (Lipinski definition) is 2. The van der Waals surface area contributed by atoms with Crippen LogP contribution in [0.5, 0.6) is 0 Å². The molecule has 0 saturated carbocycles. The van der Waals surface area contributed by atoms with Crippen LogP contribution in [0.25, 0.3) is 0 Å². The van der Waals surface area contributed by atoms with Crippen LogP contribution in [0.1, 0.15) is 12.5 Å². The van der Waals surface area contributed by atoms with E-state index in [1.165, 1.54) is 7.11 Å². The first kappa shape index (κ1) is 15.3. The molecule has 1 aromatic rings. The van der Waals surface area contributed by atoms with Crippen LogP contribution < -0.4 is 10.6 Å². The number of amides is 2. The van der Waals surface area contributed by atoms with E-state index in [4.69, 9.17) is 11.6 Å². The number of methoxy groups -OCH3 is 1. The molecular formula is C13H17ClN2O3. The first-order chi connectivity index (χ1) is 8.93. The summed E-state index contributed by atoms with van der Waals surface area (Å²) < 4.78 is 4.57. The van der Waals surface area contributed by atoms with Gasteiger partial charge < -0.3 is 15.4 Å². The topological polar surface area (TPSA) is 67.4 Å². The fraction of sp³-hybridized carbons (Fsp3) is 0.385. The third-order valence-electron chi connectivity index (χ3n) is 2.62. The zero-order chi connectivity index (χ0) is 14.4. The Hall–Kier alpha value is -1.75. The van der Waals surface area contributed by atoms with Gasteiger partial charge in [-0.1, -0.05) is 24.6 Å². The smallest absolute Gasteiger partial charge is 0.319 e. The number of carbonyl (C=O) groups is 2. The van der Waals surface area contributed by atoms with Gasteiger partial charge in [-0.15, -0.1) is 0 Å². The van der Waals surface area contributed by atoms with E-state index in [9.17, 15) is 9.59 Å². The molecule has 0 bridgehead atoms. The van der Waals surface area contributed by atoms with E-state index < -0.39 is 5.92 Å². The summed E-state index contributed by atoms with van der Waals surface area (Å²) in [4.78, 5) is 22.8. The molecular weight excluding hydrogens is 268 g/mol. The molecule has 0 aliphatic carbocycles. The van der Waals surface area contributed by atoms with E-state index in [-0.39, 0.29) is 18.5 Å². The molecule has 0 aliphatic rings. The van der Waals surface area contributed by atoms with E-state index in [1.807, 2.05) is 13.0 Å². The zero-order valence-corrected chi connectivity index (χ0v) is 11.9. The summed E-state index contributed by atoms with van der Waals surface area (Å²) in [5.41, 5.74) is 1.54. The van der Waals surface area contributed by atoms with Crippen molar-refractivity contribution in [3.63, 3.8) is 0 Å². The number of anilines is 1. The Balaban J connectivity index is 2.52. The lowest BCUT2D eigenvalue weighted by atomic mass is 10.2. The lowest BCUT2D eigenvalue weighted by Crippen LogP contribution is -2.35. The first-order valence-corrected chi connectivity index (χ1v) is 6.20. The second kappa shape index (κ2) is 6.99. The van der Waals surface area contributed by atoms with Crippen LogP contribution in [0, 0.1) is 12.8 Å². The molecule has 1 atom stereocenters. The molecule has 6 heteroatoms. The highest BCUT2D eigenvalue weighted by Gasteiger charge is 2.14. The SMILES string of the molecule is COC(=O)C(C)CNC(=O)Nc1cc(Cl)ccc1C. The largest absolute Gasteiger partial charge is 0.469 e. The molecule has 0 fully saturated rings. The van der Waals surface area contributed by atoms with Gasteiger partial charge in [-0.05, 0) is 24.6 Å². The minimum atomic E-state index is -0.392. The number of hydrogen-bond acceptors (Lipinski definition) is 3. The summed E-state index contributed by atoms with van der Waals surface area (Å²) in [5.74, 6) is -0.754. The Morgan fingerprint density at radius 3 is 2.74 bits per heavy atom. The van der Waals surface area contributed by atoms with E-state index in [2.05, 4.69) is 15.4 Å². The maximum Gasteiger partial charge on any atom is 0.319 e. The highest BCUT2D eigenvalue weighted by atomic mass is 35.5. The summed E-state index contributed by atoms with van der Waals surface area (Å²) in [5, 5.41) is 5.82. The van der Waals surface area contributed by atoms with Crippen molar-refractivity contribution in [2.24, 2.45) is 5.92 Å². The molecule has 0 spiro atoms. The predicted octanol–water partition coefficient (Wildman–Crippen LogP) is 2.58. The lowest BCUT2D eigenvalue weighted by molar-refractivity contribution is -0.144. The molecule has 1 unspecified atom stereocenters. The summed E-state index contributed by atoms with van der Waals surface area (Å²) in [7, 11) is 1.31. The van der Waals surface area contributed by atoms with Crippen LogP contribution in [-0.4, -0.2) is 25.7 Å². The number of esters is 1. The third-order valence-corrected chi connectivity index (χ3v) is 2.86. The number of aryl methyl sites for hydroxylation is 1. The number of nitrogens with one attached hydrogen (secondary N) is 2. The summed E-state index contributed by atoms with van der Waals surface area (Å²) in [6.07, 6.45) is 0. The average molecular weight is 285 g/mol. The number of rotatable bonds is 4. The molecule has 0 saturated heterocycles. The lowest BCUT2D eigenvalue weighted by Gasteiger charge is -2.12. The molecule has 2 N–H and O–H groups in total. The van der Waals surface area contributed by atoms with Gasteiger partial charge in [-0.25, -0.2) is 4.79 Å². The monoisotopic (exact) mass is 284 g/mol. The van der Waals surface area contributed by atoms with Gasteiger partial charge in [0.05, 0.1) is 13.0 Å². The van der Waals surface area contributed by atoms with Gasteiger partial charge in [-0.3, -0.25) is 4.79 Å². The van der Waals surface area contributed by atoms with E-state index in [1.54, 1.807) is 19.1 Å². The van der Waals surface area contributed by atoms with Crippen LogP contribution in [0.15, 0.2) is 18.2 Å². The quantitative estimate of drug-likeness (QED) is 0.835. The summed E-state index contributed by atoms with van der Waals surface area (Å²) in [6.45, 7) is 3.75. The van der Waals surface area contributed by atoms with Crippen LogP contribution in [0.4, 0.5) is 10.5 Å². The molecule has 2 amide bonds. The van der Waals surface area contributed by atoms with Crippen LogP contribution in [0.3, 0.4) is 0 Å². The van der Waals surface area contributed by atoms with Gasteiger partial charge >= 0.3 is 12.0 Å². The van der Waals surface area contributed by atoms with Crippen molar-refractivity contribution in [2.75, 3.05) is 19.0 Å². The van der Waals surface area contributed by atoms with Crippen molar-refractivity contribution in [2.45, 2.75) is 13.8 Å². The Kier molecular flexibility index (Phi) is 5.63. The Bertz CT molecular complexity index is 477. The average Bonchev–Trinajstić information content (AvgIpc) is 2.39. The molecule has 1 rings (SSSR count). The molecule has 0 radical (unpaired) electrons. The number of benzene rings is 1. The minimum Gasteiger partial charge on any atom is -0.469 e. The Morgan fingerprint density at radius 1 is 1.42 bits per heavy atom. The first-order valence-electron chi connectivity index (χ1n) is 5.83. The summed E-state index contributed by atoms with van der Waals surface area (Å²) in [6, 6.07) is 4.84. The van der Waals surface area contributed by atoms with Gasteiger partial charge in [0.15, 0.2) is 0 Å². The number of ether oxygens (including phenoxy) is 1. The van der Waals surface area contributed by atoms with Gasteiger partial charge in [0, 0.05) is 17.3 Å². The van der Waals surface area contributed by atoms with E-state index >= 15 is 0 Å². The van der Waals surface area contributed by atoms with Gasteiger partial charge in [-0.2, -0.15) is 0 Å². The fourth-order valence-corrected chi connectivity index (χ4v) is 1.60. The van der Waals surface area contributed by atoms with Crippen LogP contribution in [-0.2, 0) is 9.53 Å². The van der Waals surface area contributed by atoms with Crippen molar-refractivity contribution in [1.82, 2.24) is 5.32 Å². The van der Waals surface area contributed by atoms with Crippen molar-refractivity contribution in [3.8, 4) is 0 Å². The normalized spacial score (nSPS) is 11.6. The zero-order valence-electron chi connectivity index (χ0n) is 11.1. The summed E-state index contributed by atoms with van der Waals surface area (Å²) >= 11 is 5.86. The van der Waals surface area contributed by atoms with E-state index in [0.717, 1.165) is 5.56 Å². The second-order valence-corrected chi connectivity index (χ2v) is 4.65. The standard InChI is InChI=1S/C13H17ClN2O3/c1-8-4-5-10(14)6-11(8)16-13(18)15-7-9(2)12(17)19-3/h4-6,9H,7H2,1-3H3,(H2,15,16,18). The molecule has 0 heterocycles. The van der Waals surface area contributed by atoms with Gasteiger partial charge in [0.25, 0.3) is 0 Å². The van der Waals surface area contributed by atoms with Crippen LogP contribution >= 0.6 is 11.6 Å². The maximum atomic E-state index is 11.7. The predicted molar refractivity (Wildman–Crippen MR) is 74.4 cm³/mol. The molecule has 1 aromatic carbocycles. The number of halogens is 1. The molecule has 0 aliphatic heterocycles. The van der Waals surface area contributed by atoms with Crippen molar-refractivity contribution in [3.05, 3.63) is 28.8 Å². The van der Waals surface area contributed by atoms with Gasteiger partial charge in [0.2, 0.25) is 0 Å². The molecule has 19 heavy (non-hydrogen) atoms. The number of urea groups is 1. The minimum absolute atomic E-state index is 0.206. The second-order valence-electron chi connectivity index (χ2n) is 4.22. The highest BCUT2D eigenvalue weighted by molar-refractivity contribution is 6.31. The van der Waals surface area contributed by atoms with Crippen molar-refractivity contribution < 1.29 is 14.3 Å². The van der Waals surface area contributed by atoms with Gasteiger partial charge in [0.1, 0.15) is 0 Å². The molecule has 0 aromatic heterocycles. The van der Waals surface area contributed by atoms with E-state index in [0.29, 0.717) is 10.7 Å². The molecule has 104 valence electrons. The van der Waals surface area contributed by atoms with Crippen molar-refractivity contribution >= 4 is 29.3 Å². The Morgan fingerprint density at radius 2 is 2.11 bits per heavy atom. The highest BCUT2D eigenvalue weighted by Crippen LogP contribution is 2.19. The Labute approximate surface area is 117 Å². The third kappa shape index (κ3) is 4.79.